The highest BCUT2D eigenvalue weighted by Gasteiger charge is 2.34. The SMILES string of the molecule is Nc1cc(NC(=O)C2CCCCS2(=O)=O)ccc1Br. The monoisotopic (exact) mass is 346 g/mol. The van der Waals surface area contributed by atoms with Crippen molar-refractivity contribution in [1.29, 1.82) is 0 Å². The number of nitrogens with two attached hydrogens (primary N) is 1. The zero-order valence-electron chi connectivity index (χ0n) is 10.2. The summed E-state index contributed by atoms with van der Waals surface area (Å²) in [5, 5.41) is 1.68. The lowest BCUT2D eigenvalue weighted by Crippen LogP contribution is -2.39. The van der Waals surface area contributed by atoms with Gasteiger partial charge >= 0.3 is 0 Å². The second kappa shape index (κ2) is 5.50. The lowest BCUT2D eigenvalue weighted by Gasteiger charge is -2.21. The molecule has 1 aromatic rings. The molecule has 1 unspecified atom stereocenters. The van der Waals surface area contributed by atoms with E-state index in [0.717, 1.165) is 10.9 Å². The summed E-state index contributed by atoms with van der Waals surface area (Å²) in [4.78, 5) is 12.0. The quantitative estimate of drug-likeness (QED) is 0.800. The summed E-state index contributed by atoms with van der Waals surface area (Å²) in [6.07, 6.45) is 1.79. The van der Waals surface area contributed by atoms with Crippen molar-refractivity contribution in [2.24, 2.45) is 0 Å². The van der Waals surface area contributed by atoms with Gasteiger partial charge in [-0.05, 0) is 47.0 Å². The number of nitrogen functional groups attached to an aromatic ring is 1. The molecule has 3 N–H and O–H groups in total. The van der Waals surface area contributed by atoms with E-state index in [1.54, 1.807) is 18.2 Å². The van der Waals surface area contributed by atoms with Crippen LogP contribution in [-0.4, -0.2) is 25.3 Å². The average Bonchev–Trinajstić information content (AvgIpc) is 2.33. The van der Waals surface area contributed by atoms with Crippen LogP contribution in [0, 0.1) is 0 Å². The molecule has 0 radical (unpaired) electrons. The zero-order valence-corrected chi connectivity index (χ0v) is 12.6. The van der Waals surface area contributed by atoms with Crippen LogP contribution in [0.4, 0.5) is 11.4 Å². The molecule has 0 bridgehead atoms. The third kappa shape index (κ3) is 3.27. The maximum absolute atomic E-state index is 12.0. The summed E-state index contributed by atoms with van der Waals surface area (Å²) in [5.74, 6) is -0.380. The summed E-state index contributed by atoms with van der Waals surface area (Å²) in [5.41, 5.74) is 6.71. The van der Waals surface area contributed by atoms with Gasteiger partial charge in [-0.1, -0.05) is 6.42 Å². The number of carbonyl (C=O) groups excluding carboxylic acids is 1. The average molecular weight is 347 g/mol. The number of nitrogens with one attached hydrogen (secondary N) is 1. The van der Waals surface area contributed by atoms with Gasteiger partial charge in [0.15, 0.2) is 9.84 Å². The van der Waals surface area contributed by atoms with E-state index >= 15 is 0 Å². The largest absolute Gasteiger partial charge is 0.398 e. The number of amides is 1. The maximum atomic E-state index is 12.0. The molecule has 0 spiro atoms. The summed E-state index contributed by atoms with van der Waals surface area (Å²) in [6.45, 7) is 0. The first-order valence-electron chi connectivity index (χ1n) is 5.97. The summed E-state index contributed by atoms with van der Waals surface area (Å²) in [6, 6.07) is 4.98. The van der Waals surface area contributed by atoms with Crippen LogP contribution in [0.3, 0.4) is 0 Å². The number of carbonyl (C=O) groups is 1. The zero-order chi connectivity index (χ0) is 14.0. The van der Waals surface area contributed by atoms with E-state index in [4.69, 9.17) is 5.73 Å². The van der Waals surface area contributed by atoms with Gasteiger partial charge in [0, 0.05) is 15.8 Å². The predicted octanol–water partition coefficient (Wildman–Crippen LogP) is 1.94. The Morgan fingerprint density at radius 1 is 1.37 bits per heavy atom. The predicted molar refractivity (Wildman–Crippen MR) is 78.6 cm³/mol. The van der Waals surface area contributed by atoms with Crippen LogP contribution in [0.15, 0.2) is 22.7 Å². The molecule has 0 saturated carbocycles. The Morgan fingerprint density at radius 3 is 2.74 bits per heavy atom. The number of benzene rings is 1. The van der Waals surface area contributed by atoms with Crippen molar-refractivity contribution in [3.63, 3.8) is 0 Å². The van der Waals surface area contributed by atoms with Crippen molar-refractivity contribution < 1.29 is 13.2 Å². The van der Waals surface area contributed by atoms with Gasteiger partial charge in [0.25, 0.3) is 0 Å². The van der Waals surface area contributed by atoms with Gasteiger partial charge in [-0.15, -0.1) is 0 Å². The van der Waals surface area contributed by atoms with Gasteiger partial charge in [0.2, 0.25) is 5.91 Å². The Bertz CT molecular complexity index is 601. The lowest BCUT2D eigenvalue weighted by molar-refractivity contribution is -0.116. The summed E-state index contributed by atoms with van der Waals surface area (Å²) in [7, 11) is -3.31. The Morgan fingerprint density at radius 2 is 2.11 bits per heavy atom. The number of anilines is 2. The van der Waals surface area contributed by atoms with Crippen molar-refractivity contribution in [1.82, 2.24) is 0 Å². The molecule has 7 heteroatoms. The fraction of sp³-hybridized carbons (Fsp3) is 0.417. The first kappa shape index (κ1) is 14.3. The van der Waals surface area contributed by atoms with E-state index in [1.165, 1.54) is 0 Å². The van der Waals surface area contributed by atoms with Crippen molar-refractivity contribution in [2.45, 2.75) is 24.5 Å². The van der Waals surface area contributed by atoms with E-state index in [9.17, 15) is 13.2 Å². The standard InChI is InChI=1S/C12H15BrN2O3S/c13-9-5-4-8(7-10(9)14)15-12(16)11-3-1-2-6-19(11,17)18/h4-5,7,11H,1-3,6,14H2,(H,15,16). The van der Waals surface area contributed by atoms with E-state index in [-0.39, 0.29) is 5.75 Å². The molecule has 1 fully saturated rings. The number of sulfone groups is 1. The van der Waals surface area contributed by atoms with Crippen molar-refractivity contribution in [3.05, 3.63) is 22.7 Å². The second-order valence-corrected chi connectivity index (χ2v) is 7.73. The smallest absolute Gasteiger partial charge is 0.242 e. The molecule has 1 aliphatic heterocycles. The van der Waals surface area contributed by atoms with Gasteiger partial charge in [-0.3, -0.25) is 4.79 Å². The molecule has 5 nitrogen and oxygen atoms in total. The maximum Gasteiger partial charge on any atom is 0.242 e. The van der Waals surface area contributed by atoms with Gasteiger partial charge in [-0.25, -0.2) is 8.42 Å². The second-order valence-electron chi connectivity index (χ2n) is 4.58. The molecular formula is C12H15BrN2O3S. The fourth-order valence-corrected chi connectivity index (χ4v) is 4.14. The van der Waals surface area contributed by atoms with Crippen LogP contribution in [-0.2, 0) is 14.6 Å². The van der Waals surface area contributed by atoms with E-state index < -0.39 is 21.0 Å². The molecule has 1 saturated heterocycles. The Kier molecular flexibility index (Phi) is 4.15. The first-order valence-corrected chi connectivity index (χ1v) is 8.48. The fourth-order valence-electron chi connectivity index (χ4n) is 2.09. The summed E-state index contributed by atoms with van der Waals surface area (Å²) >= 11 is 3.26. The molecule has 19 heavy (non-hydrogen) atoms. The first-order chi connectivity index (χ1) is 8.90. The highest BCUT2D eigenvalue weighted by Crippen LogP contribution is 2.25. The number of hydrogen-bond acceptors (Lipinski definition) is 4. The highest BCUT2D eigenvalue weighted by molar-refractivity contribution is 9.10. The van der Waals surface area contributed by atoms with Crippen molar-refractivity contribution >= 4 is 43.0 Å². The van der Waals surface area contributed by atoms with Crippen LogP contribution in [0.25, 0.3) is 0 Å². The van der Waals surface area contributed by atoms with Crippen molar-refractivity contribution in [3.8, 4) is 0 Å². The molecule has 1 atom stereocenters. The summed E-state index contributed by atoms with van der Waals surface area (Å²) < 4.78 is 24.4. The molecule has 0 aliphatic carbocycles. The highest BCUT2D eigenvalue weighted by atomic mass is 79.9. The minimum absolute atomic E-state index is 0.0908. The Labute approximate surface area is 120 Å². The van der Waals surface area contributed by atoms with Crippen LogP contribution in [0.2, 0.25) is 0 Å². The third-order valence-corrected chi connectivity index (χ3v) is 6.03. The minimum Gasteiger partial charge on any atom is -0.398 e. The van der Waals surface area contributed by atoms with Crippen LogP contribution in [0.5, 0.6) is 0 Å². The van der Waals surface area contributed by atoms with Gasteiger partial charge in [-0.2, -0.15) is 0 Å². The van der Waals surface area contributed by atoms with E-state index in [0.29, 0.717) is 24.2 Å². The Balaban J connectivity index is 2.14. The molecule has 104 valence electrons. The van der Waals surface area contributed by atoms with E-state index in [2.05, 4.69) is 21.2 Å². The molecule has 1 amide bonds. The lowest BCUT2D eigenvalue weighted by atomic mass is 10.2. The molecule has 1 aliphatic rings. The van der Waals surface area contributed by atoms with Gasteiger partial charge in [0.1, 0.15) is 5.25 Å². The number of halogens is 1. The minimum atomic E-state index is -3.31. The van der Waals surface area contributed by atoms with Gasteiger partial charge < -0.3 is 11.1 Å². The molecule has 2 rings (SSSR count). The van der Waals surface area contributed by atoms with Crippen LogP contribution >= 0.6 is 15.9 Å². The Hall–Kier alpha value is -1.08. The topological polar surface area (TPSA) is 89.3 Å². The normalized spacial score (nSPS) is 21.8. The van der Waals surface area contributed by atoms with Crippen LogP contribution < -0.4 is 11.1 Å². The third-order valence-electron chi connectivity index (χ3n) is 3.13. The van der Waals surface area contributed by atoms with Crippen LogP contribution in [0.1, 0.15) is 19.3 Å². The number of rotatable bonds is 2. The molecule has 0 aromatic heterocycles. The number of hydrogen-bond donors (Lipinski definition) is 2. The van der Waals surface area contributed by atoms with E-state index in [1.807, 2.05) is 0 Å². The molecule has 1 aromatic carbocycles. The molecule has 1 heterocycles. The van der Waals surface area contributed by atoms with Crippen molar-refractivity contribution in [2.75, 3.05) is 16.8 Å². The molecular weight excluding hydrogens is 332 g/mol. The van der Waals surface area contributed by atoms with Gasteiger partial charge in [0.05, 0.1) is 5.75 Å².